The third-order valence-electron chi connectivity index (χ3n) is 4.55. The number of nitrogens with zero attached hydrogens (tertiary/aromatic N) is 1. The molecule has 0 aliphatic heterocycles. The number of hydrogen-bond donors (Lipinski definition) is 3. The molecule has 1 aromatic heterocycles. The molecule has 6 nitrogen and oxygen atoms in total. The maximum atomic E-state index is 12.0. The van der Waals surface area contributed by atoms with Crippen LogP contribution in [-0.4, -0.2) is 23.5 Å². The molecule has 0 saturated heterocycles. The van der Waals surface area contributed by atoms with Crippen LogP contribution in [0, 0.1) is 5.92 Å². The summed E-state index contributed by atoms with van der Waals surface area (Å²) < 4.78 is 0. The molecule has 3 amide bonds. The Morgan fingerprint density at radius 3 is 2.65 bits per heavy atom. The van der Waals surface area contributed by atoms with Crippen LogP contribution in [0.4, 0.5) is 10.5 Å². The lowest BCUT2D eigenvalue weighted by Crippen LogP contribution is -2.36. The predicted molar refractivity (Wildman–Crippen MR) is 101 cm³/mol. The molecule has 2 aromatic rings. The highest BCUT2D eigenvalue weighted by molar-refractivity contribution is 5.93. The molecule has 0 radical (unpaired) electrons. The number of carbonyl (C=O) groups excluding carboxylic acids is 2. The van der Waals surface area contributed by atoms with E-state index in [1.807, 2.05) is 36.4 Å². The average Bonchev–Trinajstić information content (AvgIpc) is 2.60. The molecule has 0 spiro atoms. The van der Waals surface area contributed by atoms with E-state index in [2.05, 4.69) is 20.9 Å². The second-order valence-electron chi connectivity index (χ2n) is 6.54. The van der Waals surface area contributed by atoms with E-state index in [9.17, 15) is 9.59 Å². The molecule has 6 heteroatoms. The van der Waals surface area contributed by atoms with Crippen LogP contribution < -0.4 is 16.0 Å². The minimum absolute atomic E-state index is 0.0921. The highest BCUT2D eigenvalue weighted by Crippen LogP contribution is 2.27. The summed E-state index contributed by atoms with van der Waals surface area (Å²) in [5.74, 6) is 0.247. The Labute approximate surface area is 153 Å². The van der Waals surface area contributed by atoms with Crippen molar-refractivity contribution in [3.8, 4) is 0 Å². The summed E-state index contributed by atoms with van der Waals surface area (Å²) in [6, 6.07) is 11.2. The van der Waals surface area contributed by atoms with E-state index in [4.69, 9.17) is 0 Å². The first-order valence-corrected chi connectivity index (χ1v) is 9.01. The molecule has 0 atom stereocenters. The van der Waals surface area contributed by atoms with Crippen molar-refractivity contribution in [1.82, 2.24) is 15.6 Å². The van der Waals surface area contributed by atoms with Gasteiger partial charge in [-0.1, -0.05) is 24.6 Å². The van der Waals surface area contributed by atoms with Gasteiger partial charge in [-0.3, -0.25) is 9.78 Å². The number of aromatic nitrogens is 1. The van der Waals surface area contributed by atoms with Crippen LogP contribution >= 0.6 is 0 Å². The topological polar surface area (TPSA) is 83.1 Å². The van der Waals surface area contributed by atoms with Crippen molar-refractivity contribution >= 4 is 17.6 Å². The van der Waals surface area contributed by atoms with Crippen LogP contribution in [0.3, 0.4) is 0 Å². The normalized spacial score (nSPS) is 13.5. The second-order valence-corrected chi connectivity index (χ2v) is 6.54. The number of anilines is 1. The molecule has 3 N–H and O–H groups in total. The zero-order valence-electron chi connectivity index (χ0n) is 14.7. The standard InChI is InChI=1S/C20H24N4O2/c25-19(17-6-2-7-17)24-18-8-1-4-16(12-18)14-23-20(26)22-11-9-15-5-3-10-21-13-15/h1,3-5,8,10,12-13,17H,2,6-7,9,11,14H2,(H,24,25)(H2,22,23,26). The molecule has 3 rings (SSSR count). The Morgan fingerprint density at radius 1 is 1.08 bits per heavy atom. The van der Waals surface area contributed by atoms with Gasteiger partial charge in [0.2, 0.25) is 5.91 Å². The van der Waals surface area contributed by atoms with Gasteiger partial charge in [0.05, 0.1) is 0 Å². The molecule has 1 aliphatic carbocycles. The van der Waals surface area contributed by atoms with Crippen molar-refractivity contribution in [3.05, 3.63) is 59.9 Å². The lowest BCUT2D eigenvalue weighted by molar-refractivity contribution is -0.122. The second kappa shape index (κ2) is 8.99. The first-order valence-electron chi connectivity index (χ1n) is 9.01. The minimum atomic E-state index is -0.210. The number of pyridine rings is 1. The predicted octanol–water partition coefficient (Wildman–Crippen LogP) is 2.86. The fourth-order valence-electron chi connectivity index (χ4n) is 2.79. The van der Waals surface area contributed by atoms with Crippen LogP contribution in [0.25, 0.3) is 0 Å². The fraction of sp³-hybridized carbons (Fsp3) is 0.350. The van der Waals surface area contributed by atoms with Gasteiger partial charge in [0.1, 0.15) is 0 Å². The Kier molecular flexibility index (Phi) is 6.19. The quantitative estimate of drug-likeness (QED) is 0.716. The van der Waals surface area contributed by atoms with Crippen LogP contribution in [0.15, 0.2) is 48.8 Å². The van der Waals surface area contributed by atoms with E-state index in [1.54, 1.807) is 12.4 Å². The fourth-order valence-corrected chi connectivity index (χ4v) is 2.79. The van der Waals surface area contributed by atoms with Crippen LogP contribution in [-0.2, 0) is 17.8 Å². The average molecular weight is 352 g/mol. The maximum Gasteiger partial charge on any atom is 0.315 e. The molecule has 1 aliphatic rings. The Balaban J connectivity index is 1.40. The summed E-state index contributed by atoms with van der Waals surface area (Å²) in [7, 11) is 0. The number of urea groups is 1. The minimum Gasteiger partial charge on any atom is -0.338 e. The summed E-state index contributed by atoms with van der Waals surface area (Å²) in [4.78, 5) is 28.0. The lowest BCUT2D eigenvalue weighted by atomic mass is 9.85. The van der Waals surface area contributed by atoms with E-state index in [-0.39, 0.29) is 17.9 Å². The summed E-state index contributed by atoms with van der Waals surface area (Å²) in [6.45, 7) is 0.959. The van der Waals surface area contributed by atoms with Crippen molar-refractivity contribution in [2.45, 2.75) is 32.2 Å². The highest BCUT2D eigenvalue weighted by atomic mass is 16.2. The molecular formula is C20H24N4O2. The van der Waals surface area contributed by atoms with Crippen molar-refractivity contribution in [3.63, 3.8) is 0 Å². The third-order valence-corrected chi connectivity index (χ3v) is 4.55. The Bertz CT molecular complexity index is 744. The maximum absolute atomic E-state index is 12.0. The number of amides is 3. The van der Waals surface area contributed by atoms with E-state index in [0.29, 0.717) is 13.1 Å². The van der Waals surface area contributed by atoms with Crippen LogP contribution in [0.5, 0.6) is 0 Å². The zero-order valence-corrected chi connectivity index (χ0v) is 14.7. The lowest BCUT2D eigenvalue weighted by Gasteiger charge is -2.24. The molecule has 1 fully saturated rings. The van der Waals surface area contributed by atoms with Gasteiger partial charge in [-0.2, -0.15) is 0 Å². The molecule has 0 bridgehead atoms. The largest absolute Gasteiger partial charge is 0.338 e. The van der Waals surface area contributed by atoms with E-state index in [0.717, 1.165) is 42.5 Å². The van der Waals surface area contributed by atoms with Gasteiger partial charge in [-0.25, -0.2) is 4.79 Å². The molecule has 136 valence electrons. The van der Waals surface area contributed by atoms with Gasteiger partial charge in [-0.15, -0.1) is 0 Å². The van der Waals surface area contributed by atoms with Crippen molar-refractivity contribution in [1.29, 1.82) is 0 Å². The number of rotatable bonds is 7. The molecule has 0 unspecified atom stereocenters. The van der Waals surface area contributed by atoms with Gasteiger partial charge in [0.15, 0.2) is 0 Å². The monoisotopic (exact) mass is 352 g/mol. The smallest absolute Gasteiger partial charge is 0.315 e. The first kappa shape index (κ1) is 17.9. The van der Waals surface area contributed by atoms with Gasteiger partial charge in [-0.05, 0) is 48.6 Å². The van der Waals surface area contributed by atoms with Crippen molar-refractivity contribution in [2.24, 2.45) is 5.92 Å². The van der Waals surface area contributed by atoms with E-state index >= 15 is 0 Å². The number of nitrogens with one attached hydrogen (secondary N) is 3. The van der Waals surface area contributed by atoms with Crippen molar-refractivity contribution < 1.29 is 9.59 Å². The van der Waals surface area contributed by atoms with Gasteiger partial charge in [0, 0.05) is 37.1 Å². The van der Waals surface area contributed by atoms with Gasteiger partial charge in [0.25, 0.3) is 0 Å². The summed E-state index contributed by atoms with van der Waals surface area (Å²) in [5, 5.41) is 8.61. The number of carbonyl (C=O) groups is 2. The van der Waals surface area contributed by atoms with E-state index < -0.39 is 0 Å². The van der Waals surface area contributed by atoms with Crippen molar-refractivity contribution in [2.75, 3.05) is 11.9 Å². The summed E-state index contributed by atoms with van der Waals surface area (Å²) in [5.41, 5.74) is 2.81. The molecule has 1 aromatic carbocycles. The molecule has 1 heterocycles. The molecular weight excluding hydrogens is 328 g/mol. The Hall–Kier alpha value is -2.89. The van der Waals surface area contributed by atoms with E-state index in [1.165, 1.54) is 0 Å². The SMILES string of the molecule is O=C(NCCc1cccnc1)NCc1cccc(NC(=O)C2CCC2)c1. The van der Waals surface area contributed by atoms with Crippen LogP contribution in [0.1, 0.15) is 30.4 Å². The molecule has 1 saturated carbocycles. The van der Waals surface area contributed by atoms with Gasteiger partial charge < -0.3 is 16.0 Å². The summed E-state index contributed by atoms with van der Waals surface area (Å²) in [6.07, 6.45) is 7.36. The summed E-state index contributed by atoms with van der Waals surface area (Å²) >= 11 is 0. The highest BCUT2D eigenvalue weighted by Gasteiger charge is 2.25. The van der Waals surface area contributed by atoms with Crippen LogP contribution in [0.2, 0.25) is 0 Å². The Morgan fingerprint density at radius 2 is 1.92 bits per heavy atom. The van der Waals surface area contributed by atoms with Gasteiger partial charge >= 0.3 is 6.03 Å². The number of hydrogen-bond acceptors (Lipinski definition) is 3. The third kappa shape index (κ3) is 5.31. The number of benzene rings is 1. The molecule has 26 heavy (non-hydrogen) atoms. The zero-order chi connectivity index (χ0) is 18.2. The first-order chi connectivity index (χ1) is 12.7.